The molecule has 0 bridgehead atoms. The number of rotatable bonds is 3. The summed E-state index contributed by atoms with van der Waals surface area (Å²) in [5.74, 6) is -0.246. The molecule has 3 nitrogen and oxygen atoms in total. The minimum absolute atomic E-state index is 0.246. The maximum Gasteiger partial charge on any atom is 0.338 e. The normalized spacial score (nSPS) is 14.9. The quantitative estimate of drug-likeness (QED) is 0.233. The van der Waals surface area contributed by atoms with E-state index in [0.29, 0.717) is 12.2 Å². The molecule has 0 spiro atoms. The predicted octanol–water partition coefficient (Wildman–Crippen LogP) is 8.14. The van der Waals surface area contributed by atoms with Gasteiger partial charge in [-0.1, -0.05) is 96.1 Å². The largest absolute Gasteiger partial charge is 0.457 e. The van der Waals surface area contributed by atoms with E-state index in [0.717, 1.165) is 22.6 Å². The van der Waals surface area contributed by atoms with Gasteiger partial charge in [-0.15, -0.1) is 0 Å². The standard InChI is InChI=1S/C35H27NO2/c1-23-13-17-32-30(19-23)35(26-9-5-3-6-10-26,27-11-7-4-8-12-27)31-20-24(2)14-18-33(31)36(32)28-15-16-29-25(21-28)22-38-34(29)37/h3-21H,22H2,1-2H3. The summed E-state index contributed by atoms with van der Waals surface area (Å²) in [5.41, 5.74) is 11.7. The van der Waals surface area contributed by atoms with Crippen LogP contribution in [0.4, 0.5) is 17.1 Å². The third-order valence-corrected chi connectivity index (χ3v) is 7.93. The van der Waals surface area contributed by atoms with Crippen molar-refractivity contribution < 1.29 is 9.53 Å². The molecule has 0 fully saturated rings. The molecule has 2 heterocycles. The lowest BCUT2D eigenvalue weighted by Gasteiger charge is -2.47. The number of fused-ring (bicyclic) bond motifs is 3. The number of benzene rings is 5. The minimum Gasteiger partial charge on any atom is -0.457 e. The van der Waals surface area contributed by atoms with E-state index >= 15 is 0 Å². The van der Waals surface area contributed by atoms with E-state index in [9.17, 15) is 4.79 Å². The average Bonchev–Trinajstić information content (AvgIpc) is 3.32. The number of esters is 1. The van der Waals surface area contributed by atoms with Gasteiger partial charge in [-0.3, -0.25) is 0 Å². The van der Waals surface area contributed by atoms with Gasteiger partial charge in [0.1, 0.15) is 6.61 Å². The zero-order valence-corrected chi connectivity index (χ0v) is 21.4. The summed E-state index contributed by atoms with van der Waals surface area (Å²) in [7, 11) is 0. The first-order chi connectivity index (χ1) is 18.6. The average molecular weight is 494 g/mol. The molecule has 184 valence electrons. The third kappa shape index (κ3) is 3.18. The molecule has 5 aromatic rings. The number of nitrogens with zero attached hydrogens (tertiary/aromatic N) is 1. The van der Waals surface area contributed by atoms with E-state index in [4.69, 9.17) is 4.74 Å². The molecule has 2 aliphatic heterocycles. The number of carbonyl (C=O) groups excluding carboxylic acids is 1. The lowest BCUT2D eigenvalue weighted by Crippen LogP contribution is -2.38. The lowest BCUT2D eigenvalue weighted by atomic mass is 9.62. The summed E-state index contributed by atoms with van der Waals surface area (Å²) >= 11 is 0. The van der Waals surface area contributed by atoms with Crippen LogP contribution in [0.3, 0.4) is 0 Å². The molecule has 0 N–H and O–H groups in total. The van der Waals surface area contributed by atoms with Crippen molar-refractivity contribution in [2.75, 3.05) is 4.90 Å². The molecule has 0 saturated carbocycles. The lowest BCUT2D eigenvalue weighted by molar-refractivity contribution is 0.0535. The monoisotopic (exact) mass is 493 g/mol. The summed E-state index contributed by atoms with van der Waals surface area (Å²) in [5, 5.41) is 0. The Labute approximate surface area is 223 Å². The van der Waals surface area contributed by atoms with Gasteiger partial charge in [-0.2, -0.15) is 0 Å². The van der Waals surface area contributed by atoms with Crippen molar-refractivity contribution in [2.45, 2.75) is 25.9 Å². The number of hydrogen-bond acceptors (Lipinski definition) is 3. The van der Waals surface area contributed by atoms with Crippen molar-refractivity contribution in [1.29, 1.82) is 0 Å². The van der Waals surface area contributed by atoms with Crippen LogP contribution in [0.15, 0.2) is 115 Å². The molecule has 0 saturated heterocycles. The molecule has 2 aliphatic rings. The van der Waals surface area contributed by atoms with Crippen LogP contribution >= 0.6 is 0 Å². The Balaban J connectivity index is 1.61. The summed E-state index contributed by atoms with van der Waals surface area (Å²) in [6.45, 7) is 4.64. The van der Waals surface area contributed by atoms with Crippen molar-refractivity contribution in [1.82, 2.24) is 0 Å². The van der Waals surface area contributed by atoms with Crippen molar-refractivity contribution >= 4 is 23.0 Å². The maximum absolute atomic E-state index is 12.2. The van der Waals surface area contributed by atoms with Crippen molar-refractivity contribution in [2.24, 2.45) is 0 Å². The number of hydrogen-bond donors (Lipinski definition) is 0. The Morgan fingerprint density at radius 2 is 1.21 bits per heavy atom. The number of carbonyl (C=O) groups is 1. The zero-order valence-electron chi connectivity index (χ0n) is 21.4. The van der Waals surface area contributed by atoms with E-state index < -0.39 is 5.41 Å². The van der Waals surface area contributed by atoms with Gasteiger partial charge >= 0.3 is 5.97 Å². The maximum atomic E-state index is 12.2. The Kier molecular flexibility index (Phi) is 5.02. The fourth-order valence-electron chi connectivity index (χ4n) is 6.27. The van der Waals surface area contributed by atoms with Crippen molar-refractivity contribution in [3.05, 3.63) is 160 Å². The number of anilines is 3. The second-order valence-electron chi connectivity index (χ2n) is 10.3. The SMILES string of the molecule is Cc1ccc2c(c1)C(c1ccccc1)(c1ccccc1)c1cc(C)ccc1N2c1ccc2c(c1)COC2=O. The number of aryl methyl sites for hydroxylation is 2. The van der Waals surface area contributed by atoms with Crippen LogP contribution in [-0.2, 0) is 16.8 Å². The van der Waals surface area contributed by atoms with E-state index in [1.807, 2.05) is 12.1 Å². The van der Waals surface area contributed by atoms with Crippen LogP contribution in [-0.4, -0.2) is 5.97 Å². The van der Waals surface area contributed by atoms with Crippen LogP contribution in [0.25, 0.3) is 0 Å². The minimum atomic E-state index is -0.502. The van der Waals surface area contributed by atoms with Crippen LogP contribution in [0, 0.1) is 13.8 Å². The highest BCUT2D eigenvalue weighted by molar-refractivity contribution is 5.95. The van der Waals surface area contributed by atoms with Gasteiger partial charge in [0.05, 0.1) is 22.4 Å². The number of cyclic esters (lactones) is 1. The molecule has 0 amide bonds. The van der Waals surface area contributed by atoms with Gasteiger partial charge in [0.25, 0.3) is 0 Å². The topological polar surface area (TPSA) is 29.5 Å². The summed E-state index contributed by atoms with van der Waals surface area (Å²) in [6, 6.07) is 41.3. The van der Waals surface area contributed by atoms with Gasteiger partial charge in [0, 0.05) is 11.3 Å². The van der Waals surface area contributed by atoms with Crippen LogP contribution in [0.5, 0.6) is 0 Å². The Morgan fingerprint density at radius 3 is 1.76 bits per heavy atom. The van der Waals surface area contributed by atoms with Crippen LogP contribution in [0.2, 0.25) is 0 Å². The molecular formula is C35H27NO2. The van der Waals surface area contributed by atoms with E-state index in [1.54, 1.807) is 0 Å². The molecule has 0 atom stereocenters. The molecule has 0 radical (unpaired) electrons. The Hall–Kier alpha value is -4.63. The Bertz CT molecular complexity index is 1610. The Morgan fingerprint density at radius 1 is 0.658 bits per heavy atom. The van der Waals surface area contributed by atoms with E-state index in [2.05, 4.69) is 122 Å². The van der Waals surface area contributed by atoms with E-state index in [1.165, 1.54) is 33.4 Å². The summed E-state index contributed by atoms with van der Waals surface area (Å²) < 4.78 is 5.33. The zero-order chi connectivity index (χ0) is 25.9. The molecule has 0 aromatic heterocycles. The van der Waals surface area contributed by atoms with Crippen molar-refractivity contribution in [3.63, 3.8) is 0 Å². The van der Waals surface area contributed by atoms with Gasteiger partial charge in [0.15, 0.2) is 0 Å². The van der Waals surface area contributed by atoms with Gasteiger partial charge in [-0.05, 0) is 66.4 Å². The fourth-order valence-corrected chi connectivity index (χ4v) is 6.27. The van der Waals surface area contributed by atoms with Crippen LogP contribution in [0.1, 0.15) is 49.3 Å². The first-order valence-electron chi connectivity index (χ1n) is 13.0. The molecule has 5 aromatic carbocycles. The second-order valence-corrected chi connectivity index (χ2v) is 10.3. The highest BCUT2D eigenvalue weighted by Crippen LogP contribution is 2.58. The fraction of sp³-hybridized carbons (Fsp3) is 0.114. The summed E-state index contributed by atoms with van der Waals surface area (Å²) in [4.78, 5) is 14.5. The van der Waals surface area contributed by atoms with E-state index in [-0.39, 0.29) is 5.97 Å². The predicted molar refractivity (Wildman–Crippen MR) is 152 cm³/mol. The van der Waals surface area contributed by atoms with Gasteiger partial charge in [0.2, 0.25) is 0 Å². The second kappa shape index (κ2) is 8.46. The van der Waals surface area contributed by atoms with Crippen LogP contribution < -0.4 is 4.90 Å². The molecule has 0 aliphatic carbocycles. The highest BCUT2D eigenvalue weighted by atomic mass is 16.5. The molecule has 38 heavy (non-hydrogen) atoms. The summed E-state index contributed by atoms with van der Waals surface area (Å²) in [6.07, 6.45) is 0. The smallest absolute Gasteiger partial charge is 0.338 e. The molecule has 3 heteroatoms. The van der Waals surface area contributed by atoms with Gasteiger partial charge in [-0.25, -0.2) is 4.79 Å². The first kappa shape index (κ1) is 22.6. The first-order valence-corrected chi connectivity index (χ1v) is 13.0. The number of ether oxygens (including phenoxy) is 1. The molecule has 0 unspecified atom stereocenters. The molecular weight excluding hydrogens is 466 g/mol. The molecule has 7 rings (SSSR count). The highest BCUT2D eigenvalue weighted by Gasteiger charge is 2.46. The third-order valence-electron chi connectivity index (χ3n) is 7.93. The van der Waals surface area contributed by atoms with Crippen molar-refractivity contribution in [3.8, 4) is 0 Å². The van der Waals surface area contributed by atoms with Gasteiger partial charge < -0.3 is 9.64 Å².